The van der Waals surface area contributed by atoms with Crippen LogP contribution in [0, 0.1) is 12.7 Å². The van der Waals surface area contributed by atoms with Gasteiger partial charge in [0.25, 0.3) is 5.56 Å². The van der Waals surface area contributed by atoms with E-state index in [1.54, 1.807) is 48.0 Å². The monoisotopic (exact) mass is 327 g/mol. The van der Waals surface area contributed by atoms with Gasteiger partial charge in [0.15, 0.2) is 0 Å². The van der Waals surface area contributed by atoms with Crippen LogP contribution >= 0.6 is 11.6 Å². The molecule has 6 heteroatoms. The molecular weight excluding hydrogens is 317 g/mol. The average molecular weight is 328 g/mol. The van der Waals surface area contributed by atoms with Crippen LogP contribution in [-0.4, -0.2) is 14.0 Å². The Morgan fingerprint density at radius 2 is 2.00 bits per heavy atom. The van der Waals surface area contributed by atoms with Crippen molar-refractivity contribution < 1.29 is 4.39 Å². The van der Waals surface area contributed by atoms with Gasteiger partial charge < -0.3 is 0 Å². The smallest absolute Gasteiger partial charge is 0.294 e. The molecule has 2 aromatic carbocycles. The topological polar surface area (TPSA) is 39.3 Å². The van der Waals surface area contributed by atoms with Gasteiger partial charge in [-0.15, -0.1) is 0 Å². The van der Waals surface area contributed by atoms with Crippen LogP contribution in [0.2, 0.25) is 5.02 Å². The largest absolute Gasteiger partial charge is 0.299 e. The van der Waals surface area contributed by atoms with Crippen molar-refractivity contribution >= 4 is 28.3 Å². The summed E-state index contributed by atoms with van der Waals surface area (Å²) in [6.07, 6.45) is 3.28. The third kappa shape index (κ3) is 1.97. The van der Waals surface area contributed by atoms with Crippen molar-refractivity contribution in [3.05, 3.63) is 75.5 Å². The summed E-state index contributed by atoms with van der Waals surface area (Å²) in [6, 6.07) is 9.92. The van der Waals surface area contributed by atoms with Crippen molar-refractivity contribution in [3.63, 3.8) is 0 Å². The molecule has 0 aliphatic heterocycles. The lowest BCUT2D eigenvalue weighted by atomic mass is 10.1. The maximum atomic E-state index is 14.0. The second-order valence-electron chi connectivity index (χ2n) is 5.28. The quantitative estimate of drug-likeness (QED) is 0.534. The molecule has 0 amide bonds. The van der Waals surface area contributed by atoms with E-state index in [2.05, 4.69) is 4.98 Å². The van der Waals surface area contributed by atoms with E-state index in [1.807, 2.05) is 6.07 Å². The lowest BCUT2D eigenvalue weighted by molar-refractivity contribution is 0.617. The highest BCUT2D eigenvalue weighted by Crippen LogP contribution is 2.24. The van der Waals surface area contributed by atoms with E-state index in [9.17, 15) is 9.18 Å². The van der Waals surface area contributed by atoms with Crippen molar-refractivity contribution in [1.82, 2.24) is 14.0 Å². The summed E-state index contributed by atoms with van der Waals surface area (Å²) in [4.78, 5) is 17.0. The third-order valence-electron chi connectivity index (χ3n) is 3.95. The molecule has 0 aliphatic carbocycles. The summed E-state index contributed by atoms with van der Waals surface area (Å²) in [6.45, 7) is 1.64. The number of nitrogens with zero attached hydrogens (tertiary/aromatic N) is 3. The second-order valence-corrected chi connectivity index (χ2v) is 5.71. The van der Waals surface area contributed by atoms with Crippen LogP contribution < -0.4 is 5.56 Å². The lowest BCUT2D eigenvalue weighted by Crippen LogP contribution is -2.22. The van der Waals surface area contributed by atoms with Crippen LogP contribution in [0.3, 0.4) is 0 Å². The first-order valence-electron chi connectivity index (χ1n) is 7.01. The molecule has 0 aliphatic rings. The third-order valence-corrected chi connectivity index (χ3v) is 4.19. The number of rotatable bonds is 1. The van der Waals surface area contributed by atoms with Crippen LogP contribution in [0.4, 0.5) is 4.39 Å². The van der Waals surface area contributed by atoms with E-state index in [1.165, 1.54) is 10.6 Å². The number of benzene rings is 2. The van der Waals surface area contributed by atoms with Crippen molar-refractivity contribution in [3.8, 4) is 5.69 Å². The van der Waals surface area contributed by atoms with Gasteiger partial charge in [0.1, 0.15) is 5.82 Å². The first-order valence-corrected chi connectivity index (χ1v) is 7.38. The van der Waals surface area contributed by atoms with E-state index < -0.39 is 0 Å². The van der Waals surface area contributed by atoms with Crippen LogP contribution in [0.5, 0.6) is 0 Å². The summed E-state index contributed by atoms with van der Waals surface area (Å²) < 4.78 is 17.1. The Morgan fingerprint density at radius 3 is 2.83 bits per heavy atom. The van der Waals surface area contributed by atoms with Gasteiger partial charge in [0.2, 0.25) is 5.65 Å². The molecule has 4 rings (SSSR count). The van der Waals surface area contributed by atoms with Gasteiger partial charge in [0, 0.05) is 23.0 Å². The standard InChI is InChI=1S/C17H11ClFN3O/c1-10-12(19)3-2-4-13(10)22-15-9-11(18)5-6-14(15)21-8-7-20-16(21)17(22)23/h2-9H,1H3. The van der Waals surface area contributed by atoms with Crippen molar-refractivity contribution in [2.45, 2.75) is 6.92 Å². The first-order chi connectivity index (χ1) is 11.1. The summed E-state index contributed by atoms with van der Waals surface area (Å²) in [5, 5.41) is 0.499. The molecule has 0 N–H and O–H groups in total. The highest BCUT2D eigenvalue weighted by atomic mass is 35.5. The van der Waals surface area contributed by atoms with Gasteiger partial charge in [-0.05, 0) is 37.3 Å². The predicted molar refractivity (Wildman–Crippen MR) is 88.0 cm³/mol. The Bertz CT molecular complexity index is 1130. The van der Waals surface area contributed by atoms with Crippen molar-refractivity contribution in [2.75, 3.05) is 0 Å². The minimum Gasteiger partial charge on any atom is -0.294 e. The second kappa shape index (κ2) is 4.93. The zero-order valence-corrected chi connectivity index (χ0v) is 12.9. The predicted octanol–water partition coefficient (Wildman–Crippen LogP) is 3.74. The molecule has 0 saturated heterocycles. The van der Waals surface area contributed by atoms with E-state index in [4.69, 9.17) is 11.6 Å². The zero-order valence-electron chi connectivity index (χ0n) is 12.1. The molecule has 0 unspecified atom stereocenters. The van der Waals surface area contributed by atoms with Crippen LogP contribution in [0.15, 0.2) is 53.6 Å². The highest BCUT2D eigenvalue weighted by molar-refractivity contribution is 6.31. The lowest BCUT2D eigenvalue weighted by Gasteiger charge is -2.14. The molecule has 4 aromatic rings. The fourth-order valence-corrected chi connectivity index (χ4v) is 2.99. The minimum atomic E-state index is -0.368. The molecule has 0 radical (unpaired) electrons. The maximum absolute atomic E-state index is 14.0. The maximum Gasteiger partial charge on any atom is 0.299 e. The highest BCUT2D eigenvalue weighted by Gasteiger charge is 2.15. The zero-order chi connectivity index (χ0) is 16.1. The summed E-state index contributed by atoms with van der Waals surface area (Å²) in [5.41, 5.74) is 2.20. The van der Waals surface area contributed by atoms with Gasteiger partial charge >= 0.3 is 0 Å². The number of halogens is 2. The molecule has 0 saturated carbocycles. The Morgan fingerprint density at radius 1 is 1.17 bits per heavy atom. The number of fused-ring (bicyclic) bond motifs is 3. The van der Waals surface area contributed by atoms with Gasteiger partial charge in [-0.1, -0.05) is 17.7 Å². The molecule has 0 spiro atoms. The minimum absolute atomic E-state index is 0.281. The van der Waals surface area contributed by atoms with E-state index >= 15 is 0 Å². The van der Waals surface area contributed by atoms with Crippen LogP contribution in [0.1, 0.15) is 5.56 Å². The molecular formula is C17H11ClFN3O. The van der Waals surface area contributed by atoms with Gasteiger partial charge in [0.05, 0.1) is 16.7 Å². The molecule has 2 heterocycles. The van der Waals surface area contributed by atoms with Crippen molar-refractivity contribution in [2.24, 2.45) is 0 Å². The fraction of sp³-hybridized carbons (Fsp3) is 0.0588. The fourth-order valence-electron chi connectivity index (χ4n) is 2.82. The number of aromatic nitrogens is 3. The average Bonchev–Trinajstić information content (AvgIpc) is 3.01. The molecule has 0 atom stereocenters. The Balaban J connectivity index is 2.28. The first kappa shape index (κ1) is 14.0. The SMILES string of the molecule is Cc1c(F)cccc1-n1c(=O)c2nccn2c2ccc(Cl)cc21. The Kier molecular flexibility index (Phi) is 2.99. The van der Waals surface area contributed by atoms with Gasteiger partial charge in [-0.3, -0.25) is 13.8 Å². The van der Waals surface area contributed by atoms with E-state index in [-0.39, 0.29) is 17.0 Å². The van der Waals surface area contributed by atoms with E-state index in [0.717, 1.165) is 5.52 Å². The molecule has 2 aromatic heterocycles. The van der Waals surface area contributed by atoms with Crippen molar-refractivity contribution in [1.29, 1.82) is 0 Å². The molecule has 0 fully saturated rings. The summed E-state index contributed by atoms with van der Waals surface area (Å²) in [5.74, 6) is -0.368. The van der Waals surface area contributed by atoms with Gasteiger partial charge in [-0.2, -0.15) is 0 Å². The summed E-state index contributed by atoms with van der Waals surface area (Å²) >= 11 is 6.11. The molecule has 4 nitrogen and oxygen atoms in total. The Hall–Kier alpha value is -2.66. The number of hydrogen-bond donors (Lipinski definition) is 0. The van der Waals surface area contributed by atoms with Crippen LogP contribution in [0.25, 0.3) is 22.4 Å². The molecule has 23 heavy (non-hydrogen) atoms. The summed E-state index contributed by atoms with van der Waals surface area (Å²) in [7, 11) is 0. The normalized spacial score (nSPS) is 11.4. The molecule has 114 valence electrons. The van der Waals surface area contributed by atoms with Crippen LogP contribution in [-0.2, 0) is 0 Å². The number of imidazole rings is 1. The number of hydrogen-bond acceptors (Lipinski definition) is 2. The Labute approximate surface area is 135 Å². The van der Waals surface area contributed by atoms with E-state index in [0.29, 0.717) is 21.8 Å². The van der Waals surface area contributed by atoms with Gasteiger partial charge in [-0.25, -0.2) is 9.37 Å². The molecule has 0 bridgehead atoms.